The summed E-state index contributed by atoms with van der Waals surface area (Å²) in [6.07, 6.45) is 10.2. The van der Waals surface area contributed by atoms with E-state index in [-0.39, 0.29) is 18.0 Å². The van der Waals surface area contributed by atoms with E-state index in [0.717, 1.165) is 43.4 Å². The predicted octanol–water partition coefficient (Wildman–Crippen LogP) is 8.11. The lowest BCUT2D eigenvalue weighted by molar-refractivity contribution is 0.136. The lowest BCUT2D eigenvalue weighted by Crippen LogP contribution is -2.63. The van der Waals surface area contributed by atoms with E-state index in [9.17, 15) is 4.79 Å². The number of carbonyl (C=O) groups excluding carboxylic acids is 1. The van der Waals surface area contributed by atoms with Crippen LogP contribution in [0.2, 0.25) is 0 Å². The van der Waals surface area contributed by atoms with Gasteiger partial charge in [0.15, 0.2) is 0 Å². The van der Waals surface area contributed by atoms with Gasteiger partial charge < -0.3 is 9.30 Å². The SMILES string of the molecule is CCSN1NC(C)(C)NC(C)[C@@H]2COc3c(CN4CCCCC4)cccc3-c3c(C4CCCCC4)c4ccc(cc4n3C2)N(C)C1=O. The summed E-state index contributed by atoms with van der Waals surface area (Å²) in [5, 5.41) is 5.20. The summed E-state index contributed by atoms with van der Waals surface area (Å²) in [5.41, 5.74) is 10.5. The van der Waals surface area contributed by atoms with Crippen molar-refractivity contribution in [1.29, 1.82) is 0 Å². The van der Waals surface area contributed by atoms with Crippen LogP contribution in [0.4, 0.5) is 10.5 Å². The van der Waals surface area contributed by atoms with Gasteiger partial charge in [-0.1, -0.05) is 50.8 Å². The first kappa shape index (κ1) is 32.8. The summed E-state index contributed by atoms with van der Waals surface area (Å²) in [6, 6.07) is 13.6. The van der Waals surface area contributed by atoms with Crippen LogP contribution in [0.1, 0.15) is 96.1 Å². The standard InChI is InChI=1S/C38H54N6O2S/c1-6-47-44-37(45)41(5)30-18-19-31-33(22-30)43-24-29(26(2)39-38(3,4)40-44)25-46-36-28(23-42-20-11-8-12-21-42)16-13-17-32(36)35(43)34(31)27-14-9-7-10-15-27/h13,16-19,22,26-27,29,39-40H,6-12,14-15,20-21,23-25H2,1-5H3/t26?,29-/m0/s1. The van der Waals surface area contributed by atoms with Crippen molar-refractivity contribution in [1.82, 2.24) is 24.6 Å². The molecule has 2 N–H and O–H groups in total. The van der Waals surface area contributed by atoms with Crippen molar-refractivity contribution in [2.24, 2.45) is 5.92 Å². The molecule has 2 atom stereocenters. The second-order valence-electron chi connectivity index (χ2n) is 14.8. The Morgan fingerprint density at radius 1 is 1.02 bits per heavy atom. The Labute approximate surface area is 285 Å². The molecule has 1 saturated heterocycles. The summed E-state index contributed by atoms with van der Waals surface area (Å²) in [7, 11) is 1.90. The molecular formula is C38H54N6O2S. The molecular weight excluding hydrogens is 605 g/mol. The Hall–Kier alpha value is -2.72. The zero-order chi connectivity index (χ0) is 32.7. The highest BCUT2D eigenvalue weighted by Crippen LogP contribution is 2.49. The largest absolute Gasteiger partial charge is 0.492 e. The molecule has 0 radical (unpaired) electrons. The monoisotopic (exact) mass is 658 g/mol. The fraction of sp³-hybridized carbons (Fsp3) is 0.605. The lowest BCUT2D eigenvalue weighted by atomic mass is 9.81. The van der Waals surface area contributed by atoms with Gasteiger partial charge in [-0.05, 0) is 101 Å². The number of urea groups is 1. The highest BCUT2D eigenvalue weighted by Gasteiger charge is 2.36. The molecule has 9 heteroatoms. The van der Waals surface area contributed by atoms with Gasteiger partial charge in [-0.2, -0.15) is 4.41 Å². The van der Waals surface area contributed by atoms with Gasteiger partial charge >= 0.3 is 6.03 Å². The molecule has 3 aliphatic heterocycles. The molecule has 4 bridgehead atoms. The van der Waals surface area contributed by atoms with Crippen LogP contribution < -0.4 is 20.4 Å². The van der Waals surface area contributed by atoms with Crippen molar-refractivity contribution >= 4 is 34.6 Å². The van der Waals surface area contributed by atoms with Crippen LogP contribution in [-0.4, -0.2) is 64.1 Å². The molecule has 8 nitrogen and oxygen atoms in total. The molecule has 1 saturated carbocycles. The average molecular weight is 659 g/mol. The number of fused-ring (bicyclic) bond motifs is 4. The van der Waals surface area contributed by atoms with Gasteiger partial charge in [-0.25, -0.2) is 10.2 Å². The van der Waals surface area contributed by atoms with E-state index < -0.39 is 5.66 Å². The van der Waals surface area contributed by atoms with Crippen LogP contribution in [0.25, 0.3) is 22.2 Å². The van der Waals surface area contributed by atoms with E-state index in [1.807, 2.05) is 7.05 Å². The number of aromatic nitrogens is 1. The number of nitrogens with zero attached hydrogens (tertiary/aromatic N) is 4. The first-order chi connectivity index (χ1) is 22.7. The molecule has 2 aromatic carbocycles. The van der Waals surface area contributed by atoms with Crippen LogP contribution in [0.3, 0.4) is 0 Å². The van der Waals surface area contributed by atoms with Crippen molar-refractivity contribution in [2.75, 3.05) is 37.4 Å². The zero-order valence-electron chi connectivity index (χ0n) is 29.1. The topological polar surface area (TPSA) is 65.0 Å². The highest BCUT2D eigenvalue weighted by atomic mass is 32.2. The second kappa shape index (κ2) is 13.7. The fourth-order valence-electron chi connectivity index (χ4n) is 8.55. The summed E-state index contributed by atoms with van der Waals surface area (Å²) in [5.74, 6) is 2.56. The van der Waals surface area contributed by atoms with Crippen LogP contribution >= 0.6 is 11.9 Å². The maximum atomic E-state index is 14.0. The Kier molecular flexibility index (Phi) is 9.53. The molecule has 3 aromatic rings. The Morgan fingerprint density at radius 3 is 2.55 bits per heavy atom. The van der Waals surface area contributed by atoms with Crippen molar-refractivity contribution in [2.45, 2.75) is 110 Å². The van der Waals surface area contributed by atoms with Crippen LogP contribution in [0, 0.1) is 5.92 Å². The third-order valence-corrected chi connectivity index (χ3v) is 11.7. The van der Waals surface area contributed by atoms with Gasteiger partial charge in [0.2, 0.25) is 0 Å². The van der Waals surface area contributed by atoms with E-state index in [0.29, 0.717) is 12.5 Å². The van der Waals surface area contributed by atoms with Crippen molar-refractivity contribution < 1.29 is 9.53 Å². The van der Waals surface area contributed by atoms with E-state index in [4.69, 9.17) is 4.74 Å². The van der Waals surface area contributed by atoms with Gasteiger partial charge in [0.25, 0.3) is 0 Å². The number of para-hydroxylation sites is 1. The van der Waals surface area contributed by atoms with Crippen molar-refractivity contribution in [3.05, 3.63) is 47.5 Å². The molecule has 2 fully saturated rings. The fourth-order valence-corrected chi connectivity index (χ4v) is 9.33. The first-order valence-corrected chi connectivity index (χ1v) is 19.1. The minimum atomic E-state index is -0.535. The lowest BCUT2D eigenvalue weighted by Gasteiger charge is -2.39. The Balaban J connectivity index is 1.45. The zero-order valence-corrected chi connectivity index (χ0v) is 29.9. The highest BCUT2D eigenvalue weighted by molar-refractivity contribution is 7.97. The third-order valence-electron chi connectivity index (χ3n) is 10.9. The molecule has 1 aliphatic carbocycles. The number of hydrogen-bond acceptors (Lipinski definition) is 6. The predicted molar refractivity (Wildman–Crippen MR) is 195 cm³/mol. The number of ether oxygens (including phenoxy) is 1. The van der Waals surface area contributed by atoms with E-state index in [2.05, 4.69) is 84.3 Å². The quantitative estimate of drug-likeness (QED) is 0.270. The number of hydrazine groups is 1. The number of carbonyl (C=O) groups is 1. The second-order valence-corrected chi connectivity index (χ2v) is 16.0. The van der Waals surface area contributed by atoms with Gasteiger partial charge in [-0.3, -0.25) is 15.1 Å². The molecule has 4 heterocycles. The number of benzene rings is 2. The van der Waals surface area contributed by atoms with Crippen LogP contribution in [0.15, 0.2) is 36.4 Å². The van der Waals surface area contributed by atoms with Gasteiger partial charge in [0, 0.05) is 60.1 Å². The van der Waals surface area contributed by atoms with Crippen molar-refractivity contribution in [3.63, 3.8) is 0 Å². The van der Waals surface area contributed by atoms with E-state index >= 15 is 0 Å². The minimum absolute atomic E-state index is 0.0827. The maximum absolute atomic E-state index is 14.0. The maximum Gasteiger partial charge on any atom is 0.349 e. The molecule has 47 heavy (non-hydrogen) atoms. The van der Waals surface area contributed by atoms with Crippen molar-refractivity contribution in [3.8, 4) is 17.0 Å². The Morgan fingerprint density at radius 2 is 1.79 bits per heavy atom. The summed E-state index contributed by atoms with van der Waals surface area (Å²) >= 11 is 1.50. The third kappa shape index (κ3) is 6.53. The molecule has 0 spiro atoms. The van der Waals surface area contributed by atoms with Gasteiger partial charge in [0.05, 0.1) is 23.5 Å². The average Bonchev–Trinajstić information content (AvgIpc) is 3.37. The van der Waals surface area contributed by atoms with Gasteiger partial charge in [-0.15, -0.1) is 0 Å². The smallest absolute Gasteiger partial charge is 0.349 e. The molecule has 1 unspecified atom stereocenters. The summed E-state index contributed by atoms with van der Waals surface area (Å²) in [6.45, 7) is 13.3. The summed E-state index contributed by atoms with van der Waals surface area (Å²) in [4.78, 5) is 18.4. The number of amides is 2. The number of piperidine rings is 1. The Bertz CT molecular complexity index is 1590. The minimum Gasteiger partial charge on any atom is -0.492 e. The normalized spacial score (nSPS) is 24.3. The number of nitrogens with one attached hydrogen (secondary N) is 2. The first-order valence-electron chi connectivity index (χ1n) is 18.1. The number of hydrogen-bond donors (Lipinski definition) is 2. The number of anilines is 1. The van der Waals surface area contributed by atoms with E-state index in [1.54, 1.807) is 9.31 Å². The molecule has 254 valence electrons. The van der Waals surface area contributed by atoms with Crippen LogP contribution in [-0.2, 0) is 13.1 Å². The van der Waals surface area contributed by atoms with Gasteiger partial charge in [0.1, 0.15) is 5.75 Å². The molecule has 2 amide bonds. The molecule has 7 rings (SSSR count). The summed E-state index contributed by atoms with van der Waals surface area (Å²) < 4.78 is 11.4. The van der Waals surface area contributed by atoms with Crippen LogP contribution in [0.5, 0.6) is 5.75 Å². The number of likely N-dealkylation sites (tertiary alicyclic amines) is 1. The number of rotatable bonds is 5. The van der Waals surface area contributed by atoms with E-state index in [1.165, 1.54) is 96.6 Å². The molecule has 4 aliphatic rings. The molecule has 1 aromatic heterocycles.